The van der Waals surface area contributed by atoms with Gasteiger partial charge >= 0.3 is 12.1 Å². The number of rotatable bonds is 17. The van der Waals surface area contributed by atoms with Crippen LogP contribution in [0.15, 0.2) is 140 Å². The van der Waals surface area contributed by atoms with Gasteiger partial charge in [-0.3, -0.25) is 34.7 Å². The second kappa shape index (κ2) is 20.8. The molecule has 3 atom stereocenters. The van der Waals surface area contributed by atoms with E-state index in [0.717, 1.165) is 11.8 Å². The Bertz CT molecular complexity index is 2530. The van der Waals surface area contributed by atoms with Gasteiger partial charge in [0.1, 0.15) is 42.6 Å². The smallest absolute Gasteiger partial charge is 0.456 e. The van der Waals surface area contributed by atoms with Gasteiger partial charge in [-0.1, -0.05) is 124 Å². The monoisotopic (exact) mass is 951 g/mol. The molecule has 0 saturated carbocycles. The number of nitro benzene ring substituents is 2. The molecule has 0 unspecified atom stereocenters. The Balaban J connectivity index is 1.49. The van der Waals surface area contributed by atoms with E-state index in [9.17, 15) is 29.8 Å². The highest BCUT2D eigenvalue weighted by Gasteiger charge is 2.58. The van der Waals surface area contributed by atoms with Crippen LogP contribution in [-0.4, -0.2) is 69.7 Å². The molecule has 0 N–H and O–H groups in total. The molecule has 1 amide bonds. The number of carbonyl (C=O) groups is 4. The molecule has 1 aliphatic heterocycles. The number of carbonyl (C=O) groups excluding carboxylic acids is 4. The average Bonchev–Trinajstić information content (AvgIpc) is 3.30. The summed E-state index contributed by atoms with van der Waals surface area (Å²) in [6, 6.07) is 38.8. The van der Waals surface area contributed by atoms with Crippen molar-refractivity contribution in [1.82, 2.24) is 4.90 Å². The molecule has 18 heteroatoms. The van der Waals surface area contributed by atoms with Crippen LogP contribution in [0.5, 0.6) is 0 Å². The zero-order valence-corrected chi connectivity index (χ0v) is 39.9. The Kier molecular flexibility index (Phi) is 15.5. The number of likely N-dealkylation sites (tertiary alicyclic amines) is 1. The predicted molar refractivity (Wildman–Crippen MR) is 257 cm³/mol. The van der Waals surface area contributed by atoms with Gasteiger partial charge in [0.2, 0.25) is 11.0 Å². The molecule has 0 aromatic heterocycles. The molecule has 0 aliphatic carbocycles. The Morgan fingerprint density at radius 2 is 1.14 bits per heavy atom. The van der Waals surface area contributed by atoms with Crippen molar-refractivity contribution in [3.63, 3.8) is 0 Å². The van der Waals surface area contributed by atoms with Crippen LogP contribution in [0, 0.1) is 26.1 Å². The number of nitro groups is 2. The maximum atomic E-state index is 15.4. The summed E-state index contributed by atoms with van der Waals surface area (Å²) in [5.41, 5.74) is 0.567. The number of esters is 1. The van der Waals surface area contributed by atoms with E-state index in [1.807, 2.05) is 125 Å². The molecule has 0 spiro atoms. The normalized spacial score (nSPS) is 15.5. The standard InChI is InChI=1S/C48H50N3O12PSSi/c1-33(63-47(55)61-31-35-24-28-37(29-25-35)51(58)59)42-43(53)49(45(42)65-41(52)32-62-66(5,6)48(2,3)4)44(46(54)60-30-34-22-26-36(27-23-34)50(56)57)64(38-16-10-7-11-17-38,39-18-12-8-13-19-39)40-20-14-9-15-21-40/h7-29,33,42,45H,30-32H2,1-6H3/t33-,42+,45-/m1/s1. The summed E-state index contributed by atoms with van der Waals surface area (Å²) in [5, 5.41) is 22.8. The minimum atomic E-state index is -3.47. The van der Waals surface area contributed by atoms with Crippen molar-refractivity contribution >= 4 is 82.8 Å². The molecule has 5 aromatic rings. The quantitative estimate of drug-likeness (QED) is 0.0215. The van der Waals surface area contributed by atoms with Gasteiger partial charge < -0.3 is 18.6 Å². The zero-order valence-electron chi connectivity index (χ0n) is 37.2. The lowest BCUT2D eigenvalue weighted by atomic mass is 9.92. The number of thioether (sulfide) groups is 1. The number of hydrogen-bond donors (Lipinski definition) is 0. The molecule has 0 bridgehead atoms. The molecule has 1 fully saturated rings. The molecule has 0 radical (unpaired) electrons. The molecule has 5 aromatic carbocycles. The van der Waals surface area contributed by atoms with Crippen LogP contribution in [0.4, 0.5) is 16.2 Å². The third-order valence-electron chi connectivity index (χ3n) is 11.7. The lowest BCUT2D eigenvalue weighted by molar-refractivity contribution is -0.385. The average molecular weight is 952 g/mol. The lowest BCUT2D eigenvalue weighted by Crippen LogP contribution is -2.67. The van der Waals surface area contributed by atoms with Crippen LogP contribution in [0.1, 0.15) is 38.8 Å². The second-order valence-corrected chi connectivity index (χ2v) is 26.2. The summed E-state index contributed by atoms with van der Waals surface area (Å²) in [5.74, 6) is -2.69. The number of ether oxygens (including phenoxy) is 3. The Morgan fingerprint density at radius 1 is 0.712 bits per heavy atom. The van der Waals surface area contributed by atoms with Gasteiger partial charge in [-0.15, -0.1) is 0 Å². The Morgan fingerprint density at radius 3 is 1.55 bits per heavy atom. The van der Waals surface area contributed by atoms with Crippen molar-refractivity contribution in [3.05, 3.63) is 171 Å². The van der Waals surface area contributed by atoms with Gasteiger partial charge in [0.05, 0.1) is 9.85 Å². The Hall–Kier alpha value is -6.39. The third-order valence-corrected chi connectivity index (χ3v) is 21.5. The highest BCUT2D eigenvalue weighted by atomic mass is 32.2. The molecule has 6 rings (SSSR count). The summed E-state index contributed by atoms with van der Waals surface area (Å²) < 4.78 is 23.5. The van der Waals surface area contributed by atoms with Gasteiger partial charge in [-0.25, -0.2) is 9.59 Å². The number of nitrogens with zero attached hydrogens (tertiary/aromatic N) is 3. The van der Waals surface area contributed by atoms with E-state index in [-0.39, 0.29) is 41.7 Å². The van der Waals surface area contributed by atoms with Crippen molar-refractivity contribution in [1.29, 1.82) is 0 Å². The fourth-order valence-electron chi connectivity index (χ4n) is 7.10. The second-order valence-electron chi connectivity index (χ2n) is 16.9. The highest BCUT2D eigenvalue weighted by Crippen LogP contribution is 2.51. The van der Waals surface area contributed by atoms with E-state index in [4.69, 9.17) is 18.6 Å². The minimum absolute atomic E-state index is 0.0437. The molecule has 66 heavy (non-hydrogen) atoms. The predicted octanol–water partition coefficient (Wildman–Crippen LogP) is 8.48. The van der Waals surface area contributed by atoms with Crippen LogP contribution in [0.25, 0.3) is 0 Å². The summed E-state index contributed by atoms with van der Waals surface area (Å²) in [6.45, 7) is 7.28. The largest absolute Gasteiger partial charge is 0.508 e. The van der Waals surface area contributed by atoms with Crippen molar-refractivity contribution in [2.24, 2.45) is 5.92 Å². The van der Waals surface area contributed by atoms with E-state index >= 15 is 9.59 Å². The molecular formula is C48H50N3O12PSSi. The maximum Gasteiger partial charge on any atom is 0.508 e. The number of hydrogen-bond acceptors (Lipinski definition) is 13. The fourth-order valence-corrected chi connectivity index (χ4v) is 13.8. The molecule has 15 nitrogen and oxygen atoms in total. The molecule has 344 valence electrons. The summed E-state index contributed by atoms with van der Waals surface area (Å²) in [6.07, 6.45) is -2.32. The first kappa shape index (κ1) is 49.0. The third kappa shape index (κ3) is 10.8. The van der Waals surface area contributed by atoms with Gasteiger partial charge in [-0.2, -0.15) is 0 Å². The van der Waals surface area contributed by atoms with Gasteiger partial charge in [0.15, 0.2) is 8.32 Å². The first-order chi connectivity index (χ1) is 31.3. The first-order valence-electron chi connectivity index (χ1n) is 20.9. The van der Waals surface area contributed by atoms with Crippen LogP contribution < -0.4 is 15.9 Å². The molecule has 1 aliphatic rings. The minimum Gasteiger partial charge on any atom is -0.456 e. The number of amides is 1. The Labute approximate surface area is 387 Å². The zero-order chi connectivity index (χ0) is 47.8. The van der Waals surface area contributed by atoms with E-state index in [2.05, 4.69) is 0 Å². The SMILES string of the molecule is C[C@@H](OC(=O)OCc1ccc([N+](=O)[O-])cc1)[C@H]1C(=O)N(C(C(=O)OCc2ccc([N+](=O)[O-])cc2)=P(c2ccccc2)(c2ccccc2)c2ccccc2)[C@@H]1SC(=O)CO[Si](C)(C)C(C)(C)C. The number of β-lactam (4-membered cyclic amide) rings is 1. The summed E-state index contributed by atoms with van der Waals surface area (Å²) in [7, 11) is -2.45. The van der Waals surface area contributed by atoms with Crippen molar-refractivity contribution < 1.29 is 47.7 Å². The van der Waals surface area contributed by atoms with Crippen LogP contribution >= 0.6 is 18.6 Å². The van der Waals surface area contributed by atoms with Gasteiger partial charge in [0, 0.05) is 31.2 Å². The van der Waals surface area contributed by atoms with Crippen molar-refractivity contribution in [2.45, 2.75) is 70.5 Å². The van der Waals surface area contributed by atoms with Crippen LogP contribution in [-0.2, 0) is 46.2 Å². The van der Waals surface area contributed by atoms with E-state index < -0.39 is 65.6 Å². The first-order valence-corrected chi connectivity index (χ1v) is 26.5. The van der Waals surface area contributed by atoms with Crippen LogP contribution in [0.2, 0.25) is 18.1 Å². The number of benzene rings is 5. The van der Waals surface area contributed by atoms with E-state index in [0.29, 0.717) is 27.0 Å². The maximum absolute atomic E-state index is 15.4. The van der Waals surface area contributed by atoms with Crippen LogP contribution in [0.3, 0.4) is 0 Å². The number of non-ortho nitro benzene ring substituents is 2. The molecule has 1 heterocycles. The van der Waals surface area contributed by atoms with E-state index in [1.165, 1.54) is 60.4 Å². The fraction of sp³-hybridized carbons (Fsp3) is 0.271. The summed E-state index contributed by atoms with van der Waals surface area (Å²) in [4.78, 5) is 80.8. The molecule has 1 saturated heterocycles. The molecular weight excluding hydrogens is 902 g/mol. The highest BCUT2D eigenvalue weighted by molar-refractivity contribution is 8.14. The van der Waals surface area contributed by atoms with E-state index in [1.54, 1.807) is 0 Å². The van der Waals surface area contributed by atoms with Gasteiger partial charge in [-0.05, 0) is 76.4 Å². The van der Waals surface area contributed by atoms with Crippen molar-refractivity contribution in [2.75, 3.05) is 6.61 Å². The topological polar surface area (TPSA) is 195 Å². The van der Waals surface area contributed by atoms with Gasteiger partial charge in [0.25, 0.3) is 11.4 Å². The summed E-state index contributed by atoms with van der Waals surface area (Å²) >= 11 is 0.795. The van der Waals surface area contributed by atoms with Crippen molar-refractivity contribution in [3.8, 4) is 0 Å². The lowest BCUT2D eigenvalue weighted by Gasteiger charge is -2.50.